The molecule has 0 unspecified atom stereocenters. The van der Waals surface area contributed by atoms with Crippen LogP contribution in [0, 0.1) is 6.92 Å². The van der Waals surface area contributed by atoms with Crippen LogP contribution < -0.4 is 9.47 Å². The number of hydrogen-bond donors (Lipinski definition) is 0. The first kappa shape index (κ1) is 19.2. The van der Waals surface area contributed by atoms with Gasteiger partial charge in [-0.2, -0.15) is 4.31 Å². The van der Waals surface area contributed by atoms with E-state index in [1.807, 2.05) is 13.0 Å². The summed E-state index contributed by atoms with van der Waals surface area (Å²) < 4.78 is 39.7. The lowest BCUT2D eigenvalue weighted by Crippen LogP contribution is -2.32. The zero-order valence-electron chi connectivity index (χ0n) is 15.0. The van der Waals surface area contributed by atoms with Crippen molar-refractivity contribution in [1.29, 1.82) is 0 Å². The van der Waals surface area contributed by atoms with Crippen LogP contribution in [-0.4, -0.2) is 33.0 Å². The molecule has 26 heavy (non-hydrogen) atoms. The highest BCUT2D eigenvalue weighted by Crippen LogP contribution is 2.36. The van der Waals surface area contributed by atoms with E-state index in [0.29, 0.717) is 16.4 Å². The van der Waals surface area contributed by atoms with Gasteiger partial charge in [0.2, 0.25) is 10.0 Å². The maximum Gasteiger partial charge on any atom is 0.243 e. The molecule has 0 heterocycles. The maximum absolute atomic E-state index is 13.3. The molecule has 0 amide bonds. The second-order valence-electron chi connectivity index (χ2n) is 6.37. The Morgan fingerprint density at radius 2 is 1.85 bits per heavy atom. The molecule has 5 nitrogen and oxygen atoms in total. The van der Waals surface area contributed by atoms with E-state index < -0.39 is 10.0 Å². The van der Waals surface area contributed by atoms with Gasteiger partial charge in [0.25, 0.3) is 0 Å². The van der Waals surface area contributed by atoms with Crippen molar-refractivity contribution in [3.05, 3.63) is 52.0 Å². The Kier molecular flexibility index (Phi) is 5.60. The molecule has 140 valence electrons. The zero-order valence-corrected chi connectivity index (χ0v) is 17.4. The highest BCUT2D eigenvalue weighted by atomic mass is 79.9. The molecule has 2 aromatic carbocycles. The fourth-order valence-electron chi connectivity index (χ4n) is 2.86. The van der Waals surface area contributed by atoms with Crippen LogP contribution in [0.4, 0.5) is 0 Å². The molecule has 1 fully saturated rings. The third-order valence-electron chi connectivity index (χ3n) is 4.50. The van der Waals surface area contributed by atoms with Crippen LogP contribution in [-0.2, 0) is 16.6 Å². The van der Waals surface area contributed by atoms with Gasteiger partial charge >= 0.3 is 0 Å². The van der Waals surface area contributed by atoms with Crippen molar-refractivity contribution in [2.24, 2.45) is 0 Å². The SMILES string of the molecule is COc1ccc(OC)c(CN(C2CC2)S(=O)(=O)c2ccc(Br)c(C)c2)c1. The Labute approximate surface area is 163 Å². The third kappa shape index (κ3) is 3.89. The normalized spacial score (nSPS) is 14.5. The fraction of sp³-hybridized carbons (Fsp3) is 0.368. The molecule has 2 aromatic rings. The first-order chi connectivity index (χ1) is 12.4. The molecular weight excluding hydrogens is 418 g/mol. The summed E-state index contributed by atoms with van der Waals surface area (Å²) in [5, 5.41) is 0. The van der Waals surface area contributed by atoms with Gasteiger partial charge in [-0.15, -0.1) is 0 Å². The standard InChI is InChI=1S/C19H22BrNO4S/c1-13-10-17(7-8-18(13)20)26(22,23)21(15-4-5-15)12-14-11-16(24-2)6-9-19(14)25-3/h6-11,15H,4-5,12H2,1-3H3. The molecular formula is C19H22BrNO4S. The summed E-state index contributed by atoms with van der Waals surface area (Å²) in [6.45, 7) is 2.14. The molecule has 0 radical (unpaired) electrons. The van der Waals surface area contributed by atoms with Gasteiger partial charge < -0.3 is 9.47 Å². The number of benzene rings is 2. The second kappa shape index (κ2) is 7.58. The van der Waals surface area contributed by atoms with E-state index in [9.17, 15) is 8.42 Å². The minimum absolute atomic E-state index is 0.0276. The fourth-order valence-corrected chi connectivity index (χ4v) is 4.85. The van der Waals surface area contributed by atoms with Crippen LogP contribution in [0.5, 0.6) is 11.5 Å². The van der Waals surface area contributed by atoms with Gasteiger partial charge in [-0.05, 0) is 61.7 Å². The van der Waals surface area contributed by atoms with Crippen molar-refractivity contribution in [1.82, 2.24) is 4.31 Å². The van der Waals surface area contributed by atoms with Crippen LogP contribution >= 0.6 is 15.9 Å². The van der Waals surface area contributed by atoms with Crippen LogP contribution in [0.25, 0.3) is 0 Å². The number of aryl methyl sites for hydroxylation is 1. The number of methoxy groups -OCH3 is 2. The van der Waals surface area contributed by atoms with Crippen LogP contribution in [0.15, 0.2) is 45.8 Å². The molecule has 1 aliphatic carbocycles. The van der Waals surface area contributed by atoms with Gasteiger partial charge in [-0.3, -0.25) is 0 Å². The lowest BCUT2D eigenvalue weighted by atomic mass is 10.2. The number of rotatable bonds is 7. The van der Waals surface area contributed by atoms with Crippen LogP contribution in [0.3, 0.4) is 0 Å². The topological polar surface area (TPSA) is 55.8 Å². The summed E-state index contributed by atoms with van der Waals surface area (Å²) in [5.74, 6) is 1.33. The third-order valence-corrected chi connectivity index (χ3v) is 7.29. The van der Waals surface area contributed by atoms with Crippen molar-refractivity contribution in [3.8, 4) is 11.5 Å². The van der Waals surface area contributed by atoms with Crippen LogP contribution in [0.1, 0.15) is 24.0 Å². The number of ether oxygens (including phenoxy) is 2. The Morgan fingerprint density at radius 3 is 2.42 bits per heavy atom. The Bertz CT molecular complexity index is 910. The minimum atomic E-state index is -3.60. The molecule has 0 aromatic heterocycles. The predicted octanol–water partition coefficient (Wildman–Crippen LogP) is 4.13. The molecule has 0 saturated heterocycles. The van der Waals surface area contributed by atoms with E-state index in [-0.39, 0.29) is 12.6 Å². The molecule has 0 N–H and O–H groups in total. The summed E-state index contributed by atoms with van der Waals surface area (Å²) in [5.41, 5.74) is 1.68. The summed E-state index contributed by atoms with van der Waals surface area (Å²) in [6.07, 6.45) is 1.75. The average Bonchev–Trinajstić information content (AvgIpc) is 3.46. The largest absolute Gasteiger partial charge is 0.497 e. The van der Waals surface area contributed by atoms with Gasteiger partial charge in [0.1, 0.15) is 11.5 Å². The number of halogens is 1. The molecule has 7 heteroatoms. The lowest BCUT2D eigenvalue weighted by molar-refractivity contribution is 0.369. The zero-order chi connectivity index (χ0) is 18.9. The molecule has 3 rings (SSSR count). The van der Waals surface area contributed by atoms with Gasteiger partial charge in [0, 0.05) is 22.6 Å². The van der Waals surface area contributed by atoms with Crippen molar-refractivity contribution >= 4 is 26.0 Å². The predicted molar refractivity (Wildman–Crippen MR) is 104 cm³/mol. The summed E-state index contributed by atoms with van der Waals surface area (Å²) in [6, 6.07) is 10.6. The highest BCUT2D eigenvalue weighted by molar-refractivity contribution is 9.10. The Hall–Kier alpha value is -1.57. The molecule has 0 spiro atoms. The number of hydrogen-bond acceptors (Lipinski definition) is 4. The maximum atomic E-state index is 13.3. The van der Waals surface area contributed by atoms with Gasteiger partial charge in [-0.25, -0.2) is 8.42 Å². The summed E-state index contributed by atoms with van der Waals surface area (Å²) in [4.78, 5) is 0.312. The summed E-state index contributed by atoms with van der Waals surface area (Å²) >= 11 is 3.42. The Balaban J connectivity index is 1.98. The minimum Gasteiger partial charge on any atom is -0.497 e. The molecule has 0 bridgehead atoms. The van der Waals surface area contributed by atoms with E-state index in [4.69, 9.17) is 9.47 Å². The monoisotopic (exact) mass is 439 g/mol. The van der Waals surface area contributed by atoms with E-state index in [1.165, 1.54) is 0 Å². The second-order valence-corrected chi connectivity index (χ2v) is 9.12. The highest BCUT2D eigenvalue weighted by Gasteiger charge is 2.38. The number of nitrogens with zero attached hydrogens (tertiary/aromatic N) is 1. The Morgan fingerprint density at radius 1 is 1.12 bits per heavy atom. The van der Waals surface area contributed by atoms with Gasteiger partial charge in [-0.1, -0.05) is 15.9 Å². The summed E-state index contributed by atoms with van der Waals surface area (Å²) in [7, 11) is -0.432. The molecule has 1 saturated carbocycles. The number of sulfonamides is 1. The van der Waals surface area contributed by atoms with Crippen molar-refractivity contribution in [3.63, 3.8) is 0 Å². The van der Waals surface area contributed by atoms with Crippen molar-refractivity contribution < 1.29 is 17.9 Å². The quantitative estimate of drug-likeness (QED) is 0.650. The molecule has 0 aliphatic heterocycles. The lowest BCUT2D eigenvalue weighted by Gasteiger charge is -2.23. The first-order valence-corrected chi connectivity index (χ1v) is 10.6. The average molecular weight is 440 g/mol. The molecule has 0 atom stereocenters. The van der Waals surface area contributed by atoms with Crippen LogP contribution in [0.2, 0.25) is 0 Å². The van der Waals surface area contributed by atoms with Gasteiger partial charge in [0.15, 0.2) is 0 Å². The van der Waals surface area contributed by atoms with Crippen molar-refractivity contribution in [2.75, 3.05) is 14.2 Å². The van der Waals surface area contributed by atoms with E-state index in [1.54, 1.807) is 48.9 Å². The van der Waals surface area contributed by atoms with E-state index in [2.05, 4.69) is 15.9 Å². The smallest absolute Gasteiger partial charge is 0.243 e. The first-order valence-electron chi connectivity index (χ1n) is 8.35. The molecule has 1 aliphatic rings. The van der Waals surface area contributed by atoms with Crippen molar-refractivity contribution in [2.45, 2.75) is 37.2 Å². The van der Waals surface area contributed by atoms with E-state index in [0.717, 1.165) is 28.4 Å². The van der Waals surface area contributed by atoms with Gasteiger partial charge in [0.05, 0.1) is 19.1 Å². The van der Waals surface area contributed by atoms with E-state index >= 15 is 0 Å².